The highest BCUT2D eigenvalue weighted by Crippen LogP contribution is 2.16. The molecule has 0 saturated carbocycles. The van der Waals surface area contributed by atoms with Crippen molar-refractivity contribution < 1.29 is 4.79 Å². The van der Waals surface area contributed by atoms with E-state index in [1.165, 1.54) is 0 Å². The third-order valence-electron chi connectivity index (χ3n) is 3.55. The summed E-state index contributed by atoms with van der Waals surface area (Å²) in [5, 5.41) is 2.93. The van der Waals surface area contributed by atoms with Gasteiger partial charge in [0.1, 0.15) is 0 Å². The molecule has 0 atom stereocenters. The van der Waals surface area contributed by atoms with E-state index < -0.39 is 0 Å². The summed E-state index contributed by atoms with van der Waals surface area (Å²) in [5.74, 6) is -0.0526. The summed E-state index contributed by atoms with van der Waals surface area (Å²) in [6.45, 7) is 1.48. The number of hydrogen-bond acceptors (Lipinski definition) is 3. The van der Waals surface area contributed by atoms with Crippen LogP contribution in [0.4, 0.5) is 0 Å². The van der Waals surface area contributed by atoms with Crippen LogP contribution in [0.15, 0.2) is 67.4 Å². The molecule has 1 aromatic carbocycles. The first-order chi connectivity index (χ1) is 11.3. The Balaban J connectivity index is 1.51. The number of carbonyl (C=O) groups is 1. The molecule has 0 aliphatic carbocycles. The second kappa shape index (κ2) is 7.35. The van der Waals surface area contributed by atoms with E-state index in [0.29, 0.717) is 12.1 Å². The molecule has 0 spiro atoms. The van der Waals surface area contributed by atoms with Crippen molar-refractivity contribution >= 4 is 5.91 Å². The number of amides is 1. The minimum absolute atomic E-state index is 0.0526. The van der Waals surface area contributed by atoms with Crippen molar-refractivity contribution in [1.29, 1.82) is 0 Å². The molecule has 0 aliphatic rings. The quantitative estimate of drug-likeness (QED) is 0.712. The summed E-state index contributed by atoms with van der Waals surface area (Å²) >= 11 is 0. The lowest BCUT2D eigenvalue weighted by Crippen LogP contribution is -2.25. The minimum atomic E-state index is -0.0526. The molecule has 23 heavy (non-hydrogen) atoms. The van der Waals surface area contributed by atoms with E-state index in [-0.39, 0.29) is 5.91 Å². The maximum atomic E-state index is 12.1. The minimum Gasteiger partial charge on any atom is -0.352 e. The molecule has 0 bridgehead atoms. The highest BCUT2D eigenvalue weighted by molar-refractivity contribution is 5.94. The fraction of sp³-hybridized carbons (Fsp3) is 0.167. The Bertz CT molecular complexity index is 736. The largest absolute Gasteiger partial charge is 0.352 e. The first kappa shape index (κ1) is 15.0. The van der Waals surface area contributed by atoms with Crippen molar-refractivity contribution in [3.05, 3.63) is 72.9 Å². The molecule has 116 valence electrons. The molecule has 0 saturated heterocycles. The van der Waals surface area contributed by atoms with Gasteiger partial charge in [-0.15, -0.1) is 0 Å². The van der Waals surface area contributed by atoms with Crippen LogP contribution in [0.25, 0.3) is 11.3 Å². The topological polar surface area (TPSA) is 59.8 Å². The Labute approximate surface area is 135 Å². The summed E-state index contributed by atoms with van der Waals surface area (Å²) in [5.41, 5.74) is 2.56. The second-order valence-electron chi connectivity index (χ2n) is 5.20. The van der Waals surface area contributed by atoms with E-state index >= 15 is 0 Å². The summed E-state index contributed by atoms with van der Waals surface area (Å²) < 4.78 is 1.99. The van der Waals surface area contributed by atoms with E-state index in [2.05, 4.69) is 15.3 Å². The lowest BCUT2D eigenvalue weighted by Gasteiger charge is -2.07. The molecule has 2 heterocycles. The molecule has 1 N–H and O–H groups in total. The molecule has 2 aromatic heterocycles. The van der Waals surface area contributed by atoms with E-state index in [1.807, 2.05) is 53.2 Å². The Morgan fingerprint density at radius 3 is 2.65 bits per heavy atom. The molecule has 0 unspecified atom stereocenters. The Morgan fingerprint density at radius 1 is 1.09 bits per heavy atom. The van der Waals surface area contributed by atoms with Crippen LogP contribution < -0.4 is 5.32 Å². The van der Waals surface area contributed by atoms with Crippen LogP contribution in [-0.4, -0.2) is 27.0 Å². The van der Waals surface area contributed by atoms with Crippen LogP contribution in [0.3, 0.4) is 0 Å². The Hall–Kier alpha value is -2.95. The van der Waals surface area contributed by atoms with Gasteiger partial charge in [0.25, 0.3) is 5.91 Å². The van der Waals surface area contributed by atoms with Gasteiger partial charge in [-0.3, -0.25) is 9.78 Å². The summed E-state index contributed by atoms with van der Waals surface area (Å²) in [6.07, 6.45) is 8.07. The van der Waals surface area contributed by atoms with Crippen molar-refractivity contribution in [3.8, 4) is 11.3 Å². The van der Waals surface area contributed by atoms with E-state index in [4.69, 9.17) is 0 Å². The molecule has 5 nitrogen and oxygen atoms in total. The maximum Gasteiger partial charge on any atom is 0.251 e. The number of nitrogens with one attached hydrogen (secondary N) is 1. The average molecular weight is 306 g/mol. The third-order valence-corrected chi connectivity index (χ3v) is 3.55. The fourth-order valence-corrected chi connectivity index (χ4v) is 2.31. The zero-order valence-corrected chi connectivity index (χ0v) is 12.7. The molecule has 0 fully saturated rings. The van der Waals surface area contributed by atoms with Crippen molar-refractivity contribution in [2.75, 3.05) is 6.54 Å². The Kier molecular flexibility index (Phi) is 4.79. The number of carbonyl (C=O) groups excluding carboxylic acids is 1. The van der Waals surface area contributed by atoms with Gasteiger partial charge in [-0.05, 0) is 30.7 Å². The number of pyridine rings is 1. The lowest BCUT2D eigenvalue weighted by molar-refractivity contribution is 0.0953. The standard InChI is InChI=1S/C18H18N4O/c23-18(21-10-3-12-22-13-11-19-14-22)16-7-5-15(6-8-16)17-4-1-2-9-20-17/h1-2,4-9,11,13-14H,3,10,12H2,(H,21,23). The van der Waals surface area contributed by atoms with Gasteiger partial charge >= 0.3 is 0 Å². The van der Waals surface area contributed by atoms with Gasteiger partial charge in [-0.25, -0.2) is 4.98 Å². The van der Waals surface area contributed by atoms with Crippen LogP contribution in [0.1, 0.15) is 16.8 Å². The molecular formula is C18H18N4O. The van der Waals surface area contributed by atoms with Gasteiger partial charge < -0.3 is 9.88 Å². The number of aromatic nitrogens is 3. The first-order valence-corrected chi connectivity index (χ1v) is 7.58. The summed E-state index contributed by atoms with van der Waals surface area (Å²) in [6, 6.07) is 13.3. The van der Waals surface area contributed by atoms with Crippen molar-refractivity contribution in [2.45, 2.75) is 13.0 Å². The number of rotatable bonds is 6. The molecule has 5 heteroatoms. The monoisotopic (exact) mass is 306 g/mol. The highest BCUT2D eigenvalue weighted by atomic mass is 16.1. The summed E-state index contributed by atoms with van der Waals surface area (Å²) in [4.78, 5) is 20.4. The third kappa shape index (κ3) is 4.03. The number of hydrogen-bond donors (Lipinski definition) is 1. The van der Waals surface area contributed by atoms with E-state index in [0.717, 1.165) is 24.2 Å². The number of imidazole rings is 1. The molecule has 0 radical (unpaired) electrons. The van der Waals surface area contributed by atoms with Gasteiger partial charge in [-0.1, -0.05) is 18.2 Å². The Morgan fingerprint density at radius 2 is 1.96 bits per heavy atom. The van der Waals surface area contributed by atoms with Crippen molar-refractivity contribution in [2.24, 2.45) is 0 Å². The number of aryl methyl sites for hydroxylation is 1. The van der Waals surface area contributed by atoms with Gasteiger partial charge in [0, 0.05) is 42.8 Å². The van der Waals surface area contributed by atoms with Gasteiger partial charge in [-0.2, -0.15) is 0 Å². The molecule has 3 rings (SSSR count). The first-order valence-electron chi connectivity index (χ1n) is 7.58. The van der Waals surface area contributed by atoms with E-state index in [9.17, 15) is 4.79 Å². The van der Waals surface area contributed by atoms with Gasteiger partial charge in [0.2, 0.25) is 0 Å². The SMILES string of the molecule is O=C(NCCCn1ccnc1)c1ccc(-c2ccccn2)cc1. The predicted molar refractivity (Wildman–Crippen MR) is 88.9 cm³/mol. The zero-order chi connectivity index (χ0) is 15.9. The maximum absolute atomic E-state index is 12.1. The molecule has 3 aromatic rings. The highest BCUT2D eigenvalue weighted by Gasteiger charge is 2.05. The predicted octanol–water partition coefficient (Wildman–Crippen LogP) is 2.77. The van der Waals surface area contributed by atoms with Crippen LogP contribution in [0.5, 0.6) is 0 Å². The van der Waals surface area contributed by atoms with E-state index in [1.54, 1.807) is 18.7 Å². The second-order valence-corrected chi connectivity index (χ2v) is 5.20. The molecule has 1 amide bonds. The van der Waals surface area contributed by atoms with Crippen LogP contribution in [0, 0.1) is 0 Å². The van der Waals surface area contributed by atoms with Gasteiger partial charge in [0.15, 0.2) is 0 Å². The normalized spacial score (nSPS) is 10.4. The summed E-state index contributed by atoms with van der Waals surface area (Å²) in [7, 11) is 0. The van der Waals surface area contributed by atoms with Gasteiger partial charge in [0.05, 0.1) is 12.0 Å². The zero-order valence-electron chi connectivity index (χ0n) is 12.7. The lowest BCUT2D eigenvalue weighted by atomic mass is 10.1. The van der Waals surface area contributed by atoms with Crippen molar-refractivity contribution in [3.63, 3.8) is 0 Å². The number of benzene rings is 1. The van der Waals surface area contributed by atoms with Crippen LogP contribution in [-0.2, 0) is 6.54 Å². The van der Waals surface area contributed by atoms with Crippen LogP contribution >= 0.6 is 0 Å². The smallest absolute Gasteiger partial charge is 0.251 e. The van der Waals surface area contributed by atoms with Crippen LogP contribution in [0.2, 0.25) is 0 Å². The fourth-order valence-electron chi connectivity index (χ4n) is 2.31. The van der Waals surface area contributed by atoms with Crippen molar-refractivity contribution in [1.82, 2.24) is 19.9 Å². The molecule has 0 aliphatic heterocycles. The number of nitrogens with zero attached hydrogens (tertiary/aromatic N) is 3. The average Bonchev–Trinajstić information content (AvgIpc) is 3.13. The molecular weight excluding hydrogens is 288 g/mol.